The Kier molecular flexibility index (Phi) is 3.67. The number of aromatic nitrogens is 3. The van der Waals surface area contributed by atoms with Crippen molar-refractivity contribution in [2.24, 2.45) is 0 Å². The standard InChI is InChI=1S/C19H21N5O2/c25-19(17-9-13-3-1-2-4-16(13)21-17)23-6-7-24-15(11-23)10-18(22-24)20-14-5-8-26-12-14/h1-4,9-10,14,21H,5-8,11-12H2,(H,20,22). The summed E-state index contributed by atoms with van der Waals surface area (Å²) >= 11 is 0. The van der Waals surface area contributed by atoms with Gasteiger partial charge in [0.15, 0.2) is 0 Å². The molecule has 26 heavy (non-hydrogen) atoms. The minimum absolute atomic E-state index is 0.0346. The Bertz CT molecular complexity index is 921. The molecule has 1 aromatic carbocycles. The molecule has 7 heteroatoms. The number of rotatable bonds is 3. The molecule has 1 amide bonds. The van der Waals surface area contributed by atoms with E-state index in [4.69, 9.17) is 4.74 Å². The predicted octanol–water partition coefficient (Wildman–Crippen LogP) is 2.22. The van der Waals surface area contributed by atoms with E-state index in [0.717, 1.165) is 42.0 Å². The van der Waals surface area contributed by atoms with Crippen molar-refractivity contribution in [3.05, 3.63) is 47.8 Å². The SMILES string of the molecule is O=C(c1cc2ccccc2[nH]1)N1CCn2nc(NC3CCOC3)cc2C1. The molecule has 7 nitrogen and oxygen atoms in total. The highest BCUT2D eigenvalue weighted by Gasteiger charge is 2.25. The van der Waals surface area contributed by atoms with E-state index in [1.807, 2.05) is 46.0 Å². The Morgan fingerprint density at radius 3 is 3.04 bits per heavy atom. The minimum Gasteiger partial charge on any atom is -0.379 e. The summed E-state index contributed by atoms with van der Waals surface area (Å²) in [6, 6.07) is 12.3. The average molecular weight is 351 g/mol. The molecule has 2 N–H and O–H groups in total. The lowest BCUT2D eigenvalue weighted by Crippen LogP contribution is -2.38. The quantitative estimate of drug-likeness (QED) is 0.759. The second-order valence-electron chi connectivity index (χ2n) is 6.95. The Balaban J connectivity index is 1.33. The van der Waals surface area contributed by atoms with Crippen LogP contribution in [0.25, 0.3) is 10.9 Å². The molecule has 1 unspecified atom stereocenters. The number of nitrogens with zero attached hydrogens (tertiary/aromatic N) is 3. The topological polar surface area (TPSA) is 75.2 Å². The smallest absolute Gasteiger partial charge is 0.270 e. The molecule has 2 aliphatic rings. The van der Waals surface area contributed by atoms with E-state index in [9.17, 15) is 4.79 Å². The van der Waals surface area contributed by atoms with Crippen molar-refractivity contribution in [2.45, 2.75) is 25.6 Å². The Morgan fingerprint density at radius 1 is 1.27 bits per heavy atom. The number of H-pyrrole nitrogens is 1. The van der Waals surface area contributed by atoms with Gasteiger partial charge in [-0.2, -0.15) is 5.10 Å². The van der Waals surface area contributed by atoms with E-state index in [2.05, 4.69) is 15.4 Å². The lowest BCUT2D eigenvalue weighted by atomic mass is 10.2. The number of aromatic amines is 1. The zero-order valence-electron chi connectivity index (χ0n) is 14.4. The van der Waals surface area contributed by atoms with Crippen LogP contribution in [0.15, 0.2) is 36.4 Å². The summed E-state index contributed by atoms with van der Waals surface area (Å²) in [6.07, 6.45) is 1.01. The molecule has 3 aromatic rings. The lowest BCUT2D eigenvalue weighted by molar-refractivity contribution is 0.0701. The Labute approximate surface area is 150 Å². The average Bonchev–Trinajstić information content (AvgIpc) is 3.39. The van der Waals surface area contributed by atoms with Crippen LogP contribution in [0.3, 0.4) is 0 Å². The molecule has 2 aliphatic heterocycles. The maximum absolute atomic E-state index is 12.9. The van der Waals surface area contributed by atoms with Crippen LogP contribution >= 0.6 is 0 Å². The van der Waals surface area contributed by atoms with Crippen molar-refractivity contribution in [2.75, 3.05) is 25.1 Å². The van der Waals surface area contributed by atoms with Crippen LogP contribution in [0, 0.1) is 0 Å². The molecule has 134 valence electrons. The van der Waals surface area contributed by atoms with Crippen molar-refractivity contribution in [3.63, 3.8) is 0 Å². The van der Waals surface area contributed by atoms with Crippen molar-refractivity contribution >= 4 is 22.6 Å². The highest BCUT2D eigenvalue weighted by molar-refractivity contribution is 5.98. The first-order valence-corrected chi connectivity index (χ1v) is 9.04. The van der Waals surface area contributed by atoms with Gasteiger partial charge in [0.1, 0.15) is 11.5 Å². The number of hydrogen-bond donors (Lipinski definition) is 2. The van der Waals surface area contributed by atoms with Crippen LogP contribution in [0.5, 0.6) is 0 Å². The Hall–Kier alpha value is -2.80. The van der Waals surface area contributed by atoms with E-state index in [-0.39, 0.29) is 5.91 Å². The number of ether oxygens (including phenoxy) is 1. The zero-order chi connectivity index (χ0) is 17.5. The van der Waals surface area contributed by atoms with E-state index in [1.54, 1.807) is 0 Å². The molecule has 0 aliphatic carbocycles. The zero-order valence-corrected chi connectivity index (χ0v) is 14.4. The van der Waals surface area contributed by atoms with Gasteiger partial charge in [0, 0.05) is 30.1 Å². The van der Waals surface area contributed by atoms with Crippen LogP contribution in [0.4, 0.5) is 5.82 Å². The summed E-state index contributed by atoms with van der Waals surface area (Å²) in [5.41, 5.74) is 2.69. The van der Waals surface area contributed by atoms with Gasteiger partial charge in [0.2, 0.25) is 0 Å². The fourth-order valence-corrected chi connectivity index (χ4v) is 3.73. The summed E-state index contributed by atoms with van der Waals surface area (Å²) in [5.74, 6) is 0.905. The minimum atomic E-state index is 0.0346. The third kappa shape index (κ3) is 2.74. The van der Waals surface area contributed by atoms with E-state index in [1.165, 1.54) is 0 Å². The van der Waals surface area contributed by atoms with E-state index < -0.39 is 0 Å². The van der Waals surface area contributed by atoms with E-state index >= 15 is 0 Å². The summed E-state index contributed by atoms with van der Waals surface area (Å²) in [6.45, 7) is 3.48. The third-order valence-corrected chi connectivity index (χ3v) is 5.13. The number of amides is 1. The van der Waals surface area contributed by atoms with Gasteiger partial charge in [0.05, 0.1) is 31.4 Å². The third-order valence-electron chi connectivity index (χ3n) is 5.13. The molecule has 0 radical (unpaired) electrons. The number of carbonyl (C=O) groups excluding carboxylic acids is 1. The fourth-order valence-electron chi connectivity index (χ4n) is 3.73. The van der Waals surface area contributed by atoms with Gasteiger partial charge in [-0.05, 0) is 18.6 Å². The predicted molar refractivity (Wildman–Crippen MR) is 98.1 cm³/mol. The van der Waals surface area contributed by atoms with Gasteiger partial charge in [-0.15, -0.1) is 0 Å². The largest absolute Gasteiger partial charge is 0.379 e. The maximum Gasteiger partial charge on any atom is 0.270 e. The summed E-state index contributed by atoms with van der Waals surface area (Å²) in [7, 11) is 0. The first-order valence-electron chi connectivity index (χ1n) is 9.04. The second kappa shape index (κ2) is 6.17. The highest BCUT2D eigenvalue weighted by Crippen LogP contribution is 2.21. The molecular weight excluding hydrogens is 330 g/mol. The fraction of sp³-hybridized carbons (Fsp3) is 0.368. The molecular formula is C19H21N5O2. The van der Waals surface area contributed by atoms with Crippen molar-refractivity contribution in [3.8, 4) is 0 Å². The second-order valence-corrected chi connectivity index (χ2v) is 6.95. The van der Waals surface area contributed by atoms with E-state index in [0.29, 0.717) is 31.4 Å². The number of hydrogen-bond acceptors (Lipinski definition) is 4. The summed E-state index contributed by atoms with van der Waals surface area (Å²) < 4.78 is 7.39. The molecule has 0 spiro atoms. The van der Waals surface area contributed by atoms with Crippen LogP contribution in [0.1, 0.15) is 22.6 Å². The molecule has 5 rings (SSSR count). The van der Waals surface area contributed by atoms with Crippen LogP contribution in [-0.2, 0) is 17.8 Å². The lowest BCUT2D eigenvalue weighted by Gasteiger charge is -2.27. The van der Waals surface area contributed by atoms with Crippen molar-refractivity contribution < 1.29 is 9.53 Å². The van der Waals surface area contributed by atoms with Gasteiger partial charge < -0.3 is 19.9 Å². The highest BCUT2D eigenvalue weighted by atomic mass is 16.5. The maximum atomic E-state index is 12.9. The first-order chi connectivity index (χ1) is 12.8. The molecule has 1 saturated heterocycles. The first kappa shape index (κ1) is 15.5. The molecule has 1 atom stereocenters. The van der Waals surface area contributed by atoms with Crippen LogP contribution in [-0.4, -0.2) is 51.4 Å². The number of para-hydroxylation sites is 1. The molecule has 1 fully saturated rings. The summed E-state index contributed by atoms with van der Waals surface area (Å²) in [4.78, 5) is 18.0. The number of anilines is 1. The molecule has 4 heterocycles. The van der Waals surface area contributed by atoms with Gasteiger partial charge in [0.25, 0.3) is 5.91 Å². The molecule has 0 bridgehead atoms. The molecule has 2 aromatic heterocycles. The van der Waals surface area contributed by atoms with Gasteiger partial charge >= 0.3 is 0 Å². The van der Waals surface area contributed by atoms with Crippen LogP contribution in [0.2, 0.25) is 0 Å². The number of fused-ring (bicyclic) bond motifs is 2. The number of carbonyl (C=O) groups is 1. The normalized spacial score (nSPS) is 19.7. The van der Waals surface area contributed by atoms with Gasteiger partial charge in [-0.3, -0.25) is 9.48 Å². The van der Waals surface area contributed by atoms with Crippen molar-refractivity contribution in [1.29, 1.82) is 0 Å². The number of nitrogens with one attached hydrogen (secondary N) is 2. The van der Waals surface area contributed by atoms with Crippen molar-refractivity contribution in [1.82, 2.24) is 19.7 Å². The Morgan fingerprint density at radius 2 is 2.19 bits per heavy atom. The monoisotopic (exact) mass is 351 g/mol. The van der Waals surface area contributed by atoms with Gasteiger partial charge in [-0.25, -0.2) is 0 Å². The summed E-state index contributed by atoms with van der Waals surface area (Å²) in [5, 5.41) is 9.10. The van der Waals surface area contributed by atoms with Gasteiger partial charge in [-0.1, -0.05) is 18.2 Å². The molecule has 0 saturated carbocycles. The number of benzene rings is 1. The van der Waals surface area contributed by atoms with Crippen LogP contribution < -0.4 is 5.32 Å².